The summed E-state index contributed by atoms with van der Waals surface area (Å²) in [5, 5.41) is 0. The molecule has 0 bridgehead atoms. The van der Waals surface area contributed by atoms with Crippen molar-refractivity contribution >= 4 is 15.9 Å². The summed E-state index contributed by atoms with van der Waals surface area (Å²) in [6.45, 7) is 4.23. The van der Waals surface area contributed by atoms with Gasteiger partial charge in [-0.05, 0) is 56.5 Å². The first-order chi connectivity index (χ1) is 12.2. The average Bonchev–Trinajstić information content (AvgIpc) is 2.58. The van der Waals surface area contributed by atoms with E-state index in [1.165, 1.54) is 12.1 Å². The number of hydrogen-bond donors (Lipinski definition) is 1. The first kappa shape index (κ1) is 20.8. The minimum Gasteiger partial charge on any atom is -0.340 e. The van der Waals surface area contributed by atoms with Crippen LogP contribution in [0.15, 0.2) is 24.3 Å². The molecule has 146 valence electrons. The third kappa shape index (κ3) is 6.34. The van der Waals surface area contributed by atoms with Crippen LogP contribution in [0.25, 0.3) is 0 Å². The van der Waals surface area contributed by atoms with E-state index in [0.717, 1.165) is 37.8 Å². The Balaban J connectivity index is 1.83. The van der Waals surface area contributed by atoms with Crippen LogP contribution in [0, 0.1) is 11.7 Å². The second-order valence-corrected chi connectivity index (χ2v) is 8.93. The van der Waals surface area contributed by atoms with Crippen LogP contribution in [0.5, 0.6) is 0 Å². The van der Waals surface area contributed by atoms with Crippen LogP contribution in [0.2, 0.25) is 0 Å². The number of carbonyl (C=O) groups excluding carboxylic acids is 1. The van der Waals surface area contributed by atoms with Gasteiger partial charge in [-0.2, -0.15) is 0 Å². The molecule has 6 nitrogen and oxygen atoms in total. The molecule has 1 N–H and O–H groups in total. The number of nitrogens with zero attached hydrogens (tertiary/aromatic N) is 2. The van der Waals surface area contributed by atoms with Crippen molar-refractivity contribution in [1.29, 1.82) is 0 Å². The molecule has 1 saturated heterocycles. The maximum Gasteiger partial charge on any atom is 0.239 e. The summed E-state index contributed by atoms with van der Waals surface area (Å²) in [6.07, 6.45) is 2.87. The highest BCUT2D eigenvalue weighted by Crippen LogP contribution is 2.19. The zero-order valence-electron chi connectivity index (χ0n) is 15.6. The molecule has 2 rings (SSSR count). The van der Waals surface area contributed by atoms with Gasteiger partial charge in [0.15, 0.2) is 0 Å². The van der Waals surface area contributed by atoms with Gasteiger partial charge in [-0.15, -0.1) is 0 Å². The summed E-state index contributed by atoms with van der Waals surface area (Å²) in [5.74, 6) is -0.00329. The highest BCUT2D eigenvalue weighted by atomic mass is 32.2. The lowest BCUT2D eigenvalue weighted by Gasteiger charge is -2.36. The van der Waals surface area contributed by atoms with Crippen molar-refractivity contribution < 1.29 is 17.6 Å². The van der Waals surface area contributed by atoms with Gasteiger partial charge in [0, 0.05) is 20.1 Å². The number of amides is 1. The fourth-order valence-electron chi connectivity index (χ4n) is 3.28. The summed E-state index contributed by atoms with van der Waals surface area (Å²) < 4.78 is 38.2. The SMILES string of the molecule is CC(C(=O)N(C)Cc1cccc(F)c1)N1CCC(CNS(C)(=O)=O)CC1. The van der Waals surface area contributed by atoms with Crippen LogP contribution in [-0.4, -0.2) is 63.1 Å². The van der Waals surface area contributed by atoms with E-state index in [9.17, 15) is 17.6 Å². The van der Waals surface area contributed by atoms with Crippen molar-refractivity contribution in [1.82, 2.24) is 14.5 Å². The quantitative estimate of drug-likeness (QED) is 0.771. The van der Waals surface area contributed by atoms with E-state index in [2.05, 4.69) is 9.62 Å². The number of likely N-dealkylation sites (tertiary alicyclic amines) is 1. The molecular formula is C18H28FN3O3S. The predicted molar refractivity (Wildman–Crippen MR) is 99.5 cm³/mol. The van der Waals surface area contributed by atoms with Crippen LogP contribution in [0.4, 0.5) is 4.39 Å². The maximum atomic E-state index is 13.3. The van der Waals surface area contributed by atoms with E-state index >= 15 is 0 Å². The van der Waals surface area contributed by atoms with Crippen molar-refractivity contribution in [3.05, 3.63) is 35.6 Å². The van der Waals surface area contributed by atoms with E-state index in [1.54, 1.807) is 24.1 Å². The number of piperidine rings is 1. The lowest BCUT2D eigenvalue weighted by Crippen LogP contribution is -2.49. The van der Waals surface area contributed by atoms with Gasteiger partial charge in [0.05, 0.1) is 12.3 Å². The van der Waals surface area contributed by atoms with E-state index in [-0.39, 0.29) is 17.8 Å². The molecular weight excluding hydrogens is 357 g/mol. The van der Waals surface area contributed by atoms with Gasteiger partial charge in [0.1, 0.15) is 5.82 Å². The van der Waals surface area contributed by atoms with Crippen molar-refractivity contribution in [3.63, 3.8) is 0 Å². The molecule has 0 aromatic heterocycles. The lowest BCUT2D eigenvalue weighted by molar-refractivity contribution is -0.136. The van der Waals surface area contributed by atoms with Crippen LogP contribution in [-0.2, 0) is 21.4 Å². The van der Waals surface area contributed by atoms with Gasteiger partial charge in [-0.25, -0.2) is 17.5 Å². The summed E-state index contributed by atoms with van der Waals surface area (Å²) in [5.41, 5.74) is 0.763. The van der Waals surface area contributed by atoms with Crippen LogP contribution in [0.1, 0.15) is 25.3 Å². The number of rotatable bonds is 7. The van der Waals surface area contributed by atoms with Crippen molar-refractivity contribution in [2.75, 3.05) is 32.9 Å². The second-order valence-electron chi connectivity index (χ2n) is 7.10. The van der Waals surface area contributed by atoms with Crippen LogP contribution in [0.3, 0.4) is 0 Å². The summed E-state index contributed by atoms with van der Waals surface area (Å²) in [6, 6.07) is 6.02. The molecule has 0 saturated carbocycles. The number of sulfonamides is 1. The molecule has 1 unspecified atom stereocenters. The average molecular weight is 386 g/mol. The van der Waals surface area contributed by atoms with Gasteiger partial charge in [0.2, 0.25) is 15.9 Å². The van der Waals surface area contributed by atoms with Gasteiger partial charge >= 0.3 is 0 Å². The Kier molecular flexibility index (Phi) is 7.14. The molecule has 1 atom stereocenters. The molecule has 26 heavy (non-hydrogen) atoms. The Morgan fingerprint density at radius 1 is 1.38 bits per heavy atom. The molecule has 1 heterocycles. The molecule has 1 aliphatic rings. The molecule has 1 aromatic rings. The number of benzene rings is 1. The Labute approximate surface area is 155 Å². The Morgan fingerprint density at radius 2 is 2.04 bits per heavy atom. The molecule has 0 radical (unpaired) electrons. The number of hydrogen-bond acceptors (Lipinski definition) is 4. The molecule has 1 aliphatic heterocycles. The smallest absolute Gasteiger partial charge is 0.239 e. The topological polar surface area (TPSA) is 69.7 Å². The molecule has 1 fully saturated rings. The minimum atomic E-state index is -3.16. The molecule has 0 aliphatic carbocycles. The van der Waals surface area contributed by atoms with Crippen molar-refractivity contribution in [3.8, 4) is 0 Å². The summed E-state index contributed by atoms with van der Waals surface area (Å²) in [7, 11) is -1.43. The first-order valence-electron chi connectivity index (χ1n) is 8.84. The zero-order valence-corrected chi connectivity index (χ0v) is 16.4. The van der Waals surface area contributed by atoms with Crippen molar-refractivity contribution in [2.24, 2.45) is 5.92 Å². The number of halogens is 1. The van der Waals surface area contributed by atoms with Crippen LogP contribution >= 0.6 is 0 Å². The van der Waals surface area contributed by atoms with Crippen LogP contribution < -0.4 is 4.72 Å². The summed E-state index contributed by atoms with van der Waals surface area (Å²) >= 11 is 0. The predicted octanol–water partition coefficient (Wildman–Crippen LogP) is 1.43. The van der Waals surface area contributed by atoms with E-state index < -0.39 is 10.0 Å². The third-order valence-electron chi connectivity index (χ3n) is 4.87. The first-order valence-corrected chi connectivity index (χ1v) is 10.7. The van der Waals surface area contributed by atoms with E-state index in [0.29, 0.717) is 19.0 Å². The number of carbonyl (C=O) groups is 1. The summed E-state index contributed by atoms with van der Waals surface area (Å²) in [4.78, 5) is 16.4. The largest absolute Gasteiger partial charge is 0.340 e. The third-order valence-corrected chi connectivity index (χ3v) is 5.56. The standard InChI is InChI=1S/C18H28FN3O3S/c1-14(18(23)21(2)13-16-5-4-6-17(19)11-16)22-9-7-15(8-10-22)12-20-26(3,24)25/h4-6,11,14-15,20H,7-10,12-13H2,1-3H3. The van der Waals surface area contributed by atoms with Gasteiger partial charge in [-0.1, -0.05) is 12.1 Å². The molecule has 1 aromatic carbocycles. The Morgan fingerprint density at radius 3 is 2.62 bits per heavy atom. The van der Waals surface area contributed by atoms with Gasteiger partial charge < -0.3 is 4.90 Å². The van der Waals surface area contributed by atoms with E-state index in [1.807, 2.05) is 6.92 Å². The fourth-order valence-corrected chi connectivity index (χ4v) is 3.81. The Bertz CT molecular complexity index is 718. The van der Waals surface area contributed by atoms with Gasteiger partial charge in [-0.3, -0.25) is 9.69 Å². The highest BCUT2D eigenvalue weighted by molar-refractivity contribution is 7.88. The lowest BCUT2D eigenvalue weighted by atomic mass is 9.96. The Hall–Kier alpha value is -1.51. The molecule has 8 heteroatoms. The maximum absolute atomic E-state index is 13.3. The molecule has 1 amide bonds. The fraction of sp³-hybridized carbons (Fsp3) is 0.611. The van der Waals surface area contributed by atoms with Crippen molar-refractivity contribution in [2.45, 2.75) is 32.4 Å². The monoisotopic (exact) mass is 385 g/mol. The zero-order chi connectivity index (χ0) is 19.3. The second kappa shape index (κ2) is 8.92. The molecule has 0 spiro atoms. The number of likely N-dealkylation sites (N-methyl/N-ethyl adjacent to an activating group) is 1. The van der Waals surface area contributed by atoms with E-state index in [4.69, 9.17) is 0 Å². The minimum absolute atomic E-state index is 0.00183. The normalized spacial score (nSPS) is 17.8. The highest BCUT2D eigenvalue weighted by Gasteiger charge is 2.28. The van der Waals surface area contributed by atoms with Gasteiger partial charge in [0.25, 0.3) is 0 Å². The number of nitrogens with one attached hydrogen (secondary N) is 1.